The molecule has 0 aliphatic carbocycles. The maximum Gasteiger partial charge on any atom is -0.0146 e. The molecule has 1 aliphatic heterocycles. The van der Waals surface area contributed by atoms with Crippen LogP contribution in [0.1, 0.15) is 53.9 Å². The molecule has 0 radical (unpaired) electrons. The molecular weight excluding hydrogens is 175 g/mol. The minimum Gasteiger partial charge on any atom is -0.0983 e. The summed E-state index contributed by atoms with van der Waals surface area (Å²) in [4.78, 5) is 0. The third-order valence-corrected chi connectivity index (χ3v) is 7.97. The number of rotatable bonds is 1. The van der Waals surface area contributed by atoms with E-state index in [0.717, 1.165) is 5.92 Å². The molecule has 0 saturated carbocycles. The lowest BCUT2D eigenvalue weighted by Crippen LogP contribution is -2.38. The van der Waals surface area contributed by atoms with Gasteiger partial charge in [-0.1, -0.05) is 49.0 Å². The molecule has 1 rings (SSSR count). The summed E-state index contributed by atoms with van der Waals surface area (Å²) < 4.78 is 0. The van der Waals surface area contributed by atoms with Gasteiger partial charge < -0.3 is 0 Å². The first-order valence-electron chi connectivity index (χ1n) is 5.53. The van der Waals surface area contributed by atoms with Crippen LogP contribution >= 0.6 is 7.92 Å². The molecule has 13 heavy (non-hydrogen) atoms. The molecule has 0 aromatic rings. The van der Waals surface area contributed by atoms with Crippen molar-refractivity contribution < 1.29 is 0 Å². The fourth-order valence-electron chi connectivity index (χ4n) is 2.87. The Morgan fingerprint density at radius 1 is 1.08 bits per heavy atom. The SMILES string of the molecule is CCC1CC(C)(C)P(C)C(C)(C)C1. The highest BCUT2D eigenvalue weighted by molar-refractivity contribution is 7.60. The van der Waals surface area contributed by atoms with Gasteiger partial charge in [-0.25, -0.2) is 0 Å². The van der Waals surface area contributed by atoms with Crippen LogP contribution in [0, 0.1) is 5.92 Å². The lowest BCUT2D eigenvalue weighted by atomic mass is 9.85. The van der Waals surface area contributed by atoms with Crippen molar-refractivity contribution in [3.63, 3.8) is 0 Å². The smallest absolute Gasteiger partial charge is 0.0146 e. The van der Waals surface area contributed by atoms with Crippen molar-refractivity contribution in [1.82, 2.24) is 0 Å². The first-order valence-corrected chi connectivity index (χ1v) is 7.32. The highest BCUT2D eigenvalue weighted by atomic mass is 31.1. The Bertz CT molecular complexity index is 164. The van der Waals surface area contributed by atoms with Crippen LogP contribution in [0.15, 0.2) is 0 Å². The van der Waals surface area contributed by atoms with E-state index in [0.29, 0.717) is 10.3 Å². The molecule has 1 saturated heterocycles. The van der Waals surface area contributed by atoms with Gasteiger partial charge in [0.05, 0.1) is 0 Å². The maximum atomic E-state index is 2.50. The zero-order valence-electron chi connectivity index (χ0n) is 10.1. The van der Waals surface area contributed by atoms with Gasteiger partial charge in [-0.05, 0) is 35.7 Å². The standard InChI is InChI=1S/C12H25P/c1-7-10-8-11(2,3)13(6)12(4,5)9-10/h10H,7-9H2,1-6H3. The molecule has 0 aromatic heterocycles. The summed E-state index contributed by atoms with van der Waals surface area (Å²) in [5, 5.41) is 1.22. The lowest BCUT2D eigenvalue weighted by molar-refractivity contribution is 0.329. The van der Waals surface area contributed by atoms with Gasteiger partial charge in [-0.3, -0.25) is 0 Å². The summed E-state index contributed by atoms with van der Waals surface area (Å²) in [7, 11) is 0.189. The maximum absolute atomic E-state index is 2.50. The van der Waals surface area contributed by atoms with E-state index in [-0.39, 0.29) is 7.92 Å². The van der Waals surface area contributed by atoms with Crippen LogP contribution in [-0.4, -0.2) is 17.0 Å². The Kier molecular flexibility index (Phi) is 3.13. The van der Waals surface area contributed by atoms with Gasteiger partial charge in [0.25, 0.3) is 0 Å². The second kappa shape index (κ2) is 3.54. The van der Waals surface area contributed by atoms with E-state index >= 15 is 0 Å². The Hall–Kier alpha value is 0.430. The first kappa shape index (κ1) is 11.5. The van der Waals surface area contributed by atoms with Crippen LogP contribution in [0.2, 0.25) is 0 Å². The van der Waals surface area contributed by atoms with E-state index in [2.05, 4.69) is 41.3 Å². The van der Waals surface area contributed by atoms with Crippen molar-refractivity contribution in [3.05, 3.63) is 0 Å². The molecule has 0 N–H and O–H groups in total. The molecule has 0 spiro atoms. The summed E-state index contributed by atoms with van der Waals surface area (Å²) in [6.07, 6.45) is 4.28. The fourth-order valence-corrected chi connectivity index (χ4v) is 5.57. The van der Waals surface area contributed by atoms with Gasteiger partial charge in [0.2, 0.25) is 0 Å². The van der Waals surface area contributed by atoms with Crippen molar-refractivity contribution in [3.8, 4) is 0 Å². The van der Waals surface area contributed by atoms with E-state index in [1.807, 2.05) is 0 Å². The molecule has 0 nitrogen and oxygen atoms in total. The van der Waals surface area contributed by atoms with E-state index in [4.69, 9.17) is 0 Å². The normalized spacial score (nSPS) is 37.4. The van der Waals surface area contributed by atoms with Gasteiger partial charge in [0, 0.05) is 0 Å². The van der Waals surface area contributed by atoms with Gasteiger partial charge in [-0.2, -0.15) is 0 Å². The highest BCUT2D eigenvalue weighted by Gasteiger charge is 2.43. The summed E-state index contributed by atoms with van der Waals surface area (Å²) >= 11 is 0. The Morgan fingerprint density at radius 2 is 1.46 bits per heavy atom. The Balaban J connectivity index is 2.82. The number of hydrogen-bond donors (Lipinski definition) is 0. The van der Waals surface area contributed by atoms with E-state index in [9.17, 15) is 0 Å². The Morgan fingerprint density at radius 3 is 1.77 bits per heavy atom. The van der Waals surface area contributed by atoms with Crippen molar-refractivity contribution in [2.45, 2.75) is 64.2 Å². The molecule has 0 unspecified atom stereocenters. The third-order valence-electron chi connectivity index (χ3n) is 3.97. The topological polar surface area (TPSA) is 0 Å². The minimum absolute atomic E-state index is 0.189. The molecule has 0 atom stereocenters. The van der Waals surface area contributed by atoms with Gasteiger partial charge in [-0.15, -0.1) is 0 Å². The average molecular weight is 200 g/mol. The largest absolute Gasteiger partial charge is 0.0983 e. The second-order valence-corrected chi connectivity index (χ2v) is 9.41. The van der Waals surface area contributed by atoms with Crippen LogP contribution in [0.3, 0.4) is 0 Å². The van der Waals surface area contributed by atoms with Crippen LogP contribution in [0.25, 0.3) is 0 Å². The average Bonchev–Trinajstić information content (AvgIpc) is 1.99. The zero-order valence-corrected chi connectivity index (χ0v) is 11.0. The lowest BCUT2D eigenvalue weighted by Gasteiger charge is -2.51. The predicted molar refractivity (Wildman–Crippen MR) is 64.0 cm³/mol. The van der Waals surface area contributed by atoms with Crippen LogP contribution in [-0.2, 0) is 0 Å². The van der Waals surface area contributed by atoms with E-state index in [1.54, 1.807) is 0 Å². The van der Waals surface area contributed by atoms with Crippen molar-refractivity contribution in [2.75, 3.05) is 6.66 Å². The van der Waals surface area contributed by atoms with Gasteiger partial charge >= 0.3 is 0 Å². The summed E-state index contributed by atoms with van der Waals surface area (Å²) in [6, 6.07) is 0. The molecular formula is C12H25P. The van der Waals surface area contributed by atoms with E-state index < -0.39 is 0 Å². The van der Waals surface area contributed by atoms with Gasteiger partial charge in [0.15, 0.2) is 0 Å². The molecule has 1 aliphatic rings. The van der Waals surface area contributed by atoms with E-state index in [1.165, 1.54) is 19.3 Å². The minimum atomic E-state index is 0.189. The zero-order chi connectivity index (χ0) is 10.3. The quantitative estimate of drug-likeness (QED) is 0.548. The summed E-state index contributed by atoms with van der Waals surface area (Å²) in [6.45, 7) is 14.7. The fraction of sp³-hybridized carbons (Fsp3) is 1.00. The third kappa shape index (κ3) is 2.27. The molecule has 0 bridgehead atoms. The van der Waals surface area contributed by atoms with Crippen LogP contribution in [0.4, 0.5) is 0 Å². The Labute approximate surface area is 85.2 Å². The highest BCUT2D eigenvalue weighted by Crippen LogP contribution is 2.64. The van der Waals surface area contributed by atoms with Crippen molar-refractivity contribution in [2.24, 2.45) is 5.92 Å². The molecule has 1 heteroatoms. The van der Waals surface area contributed by atoms with Crippen LogP contribution < -0.4 is 0 Å². The molecule has 78 valence electrons. The molecule has 1 fully saturated rings. The monoisotopic (exact) mass is 200 g/mol. The van der Waals surface area contributed by atoms with Crippen molar-refractivity contribution in [1.29, 1.82) is 0 Å². The molecule has 0 aromatic carbocycles. The second-order valence-electron chi connectivity index (χ2n) is 5.87. The summed E-state index contributed by atoms with van der Waals surface area (Å²) in [5.41, 5.74) is 0. The summed E-state index contributed by atoms with van der Waals surface area (Å²) in [5.74, 6) is 0.976. The van der Waals surface area contributed by atoms with Gasteiger partial charge in [0.1, 0.15) is 0 Å². The van der Waals surface area contributed by atoms with Crippen LogP contribution in [0.5, 0.6) is 0 Å². The molecule has 1 heterocycles. The van der Waals surface area contributed by atoms with Crippen molar-refractivity contribution >= 4 is 7.92 Å². The first-order chi connectivity index (χ1) is 5.79. The predicted octanol–water partition coefficient (Wildman–Crippen LogP) is 4.48. The number of hydrogen-bond acceptors (Lipinski definition) is 0. The molecule has 0 amide bonds.